The van der Waals surface area contributed by atoms with Gasteiger partial charge in [0.15, 0.2) is 11.5 Å². The Kier molecular flexibility index (Phi) is 5.58. The first kappa shape index (κ1) is 18.0. The Bertz CT molecular complexity index is 872. The van der Waals surface area contributed by atoms with Crippen molar-refractivity contribution in [1.82, 2.24) is 0 Å². The Morgan fingerprint density at radius 3 is 2.08 bits per heavy atom. The highest BCUT2D eigenvalue weighted by Gasteiger charge is 2.24. The highest BCUT2D eigenvalue weighted by atomic mass is 32.1. The maximum atomic E-state index is 12.1. The molecule has 0 aliphatic carbocycles. The fourth-order valence-electron chi connectivity index (χ4n) is 2.42. The monoisotopic (exact) mass is 368 g/mol. The van der Waals surface area contributed by atoms with Crippen molar-refractivity contribution in [2.75, 3.05) is 0 Å². The van der Waals surface area contributed by atoms with Gasteiger partial charge in [0.1, 0.15) is 6.10 Å². The molecule has 5 heteroatoms. The van der Waals surface area contributed by atoms with E-state index in [0.717, 1.165) is 11.1 Å². The summed E-state index contributed by atoms with van der Waals surface area (Å²) in [4.78, 5) is 13.4. The van der Waals surface area contributed by atoms with Crippen molar-refractivity contribution in [2.45, 2.75) is 26.4 Å². The summed E-state index contributed by atoms with van der Waals surface area (Å²) < 4.78 is 10.6. The number of rotatable bonds is 5. The molecule has 4 nitrogen and oxygen atoms in total. The van der Waals surface area contributed by atoms with Crippen LogP contribution in [0.25, 0.3) is 20.9 Å². The molecule has 2 aromatic carbocycles. The average molecular weight is 368 g/mol. The third-order valence-corrected chi connectivity index (χ3v) is 5.23. The molecule has 1 unspecified atom stereocenters. The topological polar surface area (TPSA) is 55.8 Å². The van der Waals surface area contributed by atoms with Gasteiger partial charge in [-0.1, -0.05) is 67.6 Å². The summed E-state index contributed by atoms with van der Waals surface area (Å²) >= 11 is 1.38. The van der Waals surface area contributed by atoms with E-state index in [-0.39, 0.29) is 17.6 Å². The van der Waals surface area contributed by atoms with Crippen LogP contribution in [0, 0.1) is 0 Å². The molecule has 26 heavy (non-hydrogen) atoms. The molecular weight excluding hydrogens is 348 g/mol. The molecular formula is C21H20O4S. The fourth-order valence-corrected chi connectivity index (χ4v) is 3.55. The van der Waals surface area contributed by atoms with Crippen molar-refractivity contribution in [3.05, 3.63) is 60.7 Å². The van der Waals surface area contributed by atoms with Gasteiger partial charge >= 0.3 is 6.16 Å². The lowest BCUT2D eigenvalue weighted by Crippen LogP contribution is -2.17. The third kappa shape index (κ3) is 3.89. The van der Waals surface area contributed by atoms with Gasteiger partial charge in [-0.3, -0.25) is 0 Å². The van der Waals surface area contributed by atoms with Crippen LogP contribution in [-0.2, 0) is 4.74 Å². The van der Waals surface area contributed by atoms with Crippen LogP contribution >= 0.6 is 11.3 Å². The molecule has 0 amide bonds. The van der Waals surface area contributed by atoms with Crippen LogP contribution in [-0.4, -0.2) is 17.4 Å². The SMILES string of the molecule is CCC(C)OC(=O)Oc1c(-c2ccccc2)sc(-c2ccccc2)c1O. The molecule has 0 bridgehead atoms. The number of hydrogen-bond donors (Lipinski definition) is 1. The Labute approximate surface area is 156 Å². The minimum atomic E-state index is -0.816. The van der Waals surface area contributed by atoms with Crippen LogP contribution in [0.15, 0.2) is 60.7 Å². The molecule has 1 heterocycles. The molecule has 0 saturated heterocycles. The van der Waals surface area contributed by atoms with Gasteiger partial charge < -0.3 is 14.6 Å². The van der Waals surface area contributed by atoms with Crippen molar-refractivity contribution in [2.24, 2.45) is 0 Å². The molecule has 1 aromatic heterocycles. The number of aromatic hydroxyl groups is 1. The fraction of sp³-hybridized carbons (Fsp3) is 0.190. The van der Waals surface area contributed by atoms with Gasteiger partial charge in [-0.15, -0.1) is 11.3 Å². The van der Waals surface area contributed by atoms with Gasteiger partial charge in [0.05, 0.1) is 9.75 Å². The first-order valence-electron chi connectivity index (χ1n) is 8.45. The third-order valence-electron chi connectivity index (χ3n) is 3.97. The largest absolute Gasteiger partial charge is 0.514 e. The van der Waals surface area contributed by atoms with Gasteiger partial charge in [-0.2, -0.15) is 0 Å². The van der Waals surface area contributed by atoms with Gasteiger partial charge in [-0.25, -0.2) is 4.79 Å². The van der Waals surface area contributed by atoms with E-state index in [2.05, 4.69) is 0 Å². The lowest BCUT2D eigenvalue weighted by molar-refractivity contribution is 0.0638. The van der Waals surface area contributed by atoms with Gasteiger partial charge in [-0.05, 0) is 24.5 Å². The lowest BCUT2D eigenvalue weighted by Gasteiger charge is -2.11. The van der Waals surface area contributed by atoms with Crippen LogP contribution in [0.4, 0.5) is 4.79 Å². The molecule has 1 atom stereocenters. The second-order valence-corrected chi connectivity index (χ2v) is 6.88. The Hall–Kier alpha value is -2.79. The van der Waals surface area contributed by atoms with E-state index in [4.69, 9.17) is 9.47 Å². The van der Waals surface area contributed by atoms with Gasteiger partial charge in [0.25, 0.3) is 0 Å². The van der Waals surface area contributed by atoms with Gasteiger partial charge in [0.2, 0.25) is 0 Å². The quantitative estimate of drug-likeness (QED) is 0.553. The molecule has 3 aromatic rings. The maximum Gasteiger partial charge on any atom is 0.514 e. The van der Waals surface area contributed by atoms with Crippen LogP contribution in [0.5, 0.6) is 11.5 Å². The Morgan fingerprint density at radius 1 is 1.00 bits per heavy atom. The number of carbonyl (C=O) groups is 1. The maximum absolute atomic E-state index is 12.1. The van der Waals surface area contributed by atoms with Crippen LogP contribution in [0.2, 0.25) is 0 Å². The van der Waals surface area contributed by atoms with Crippen molar-refractivity contribution in [3.63, 3.8) is 0 Å². The minimum Gasteiger partial charge on any atom is -0.503 e. The zero-order valence-corrected chi connectivity index (χ0v) is 15.5. The average Bonchev–Trinajstić information content (AvgIpc) is 2.99. The summed E-state index contributed by atoms with van der Waals surface area (Å²) in [6.45, 7) is 3.71. The van der Waals surface area contributed by atoms with E-state index < -0.39 is 6.16 Å². The summed E-state index contributed by atoms with van der Waals surface area (Å²) in [5.41, 5.74) is 1.72. The highest BCUT2D eigenvalue weighted by molar-refractivity contribution is 7.19. The lowest BCUT2D eigenvalue weighted by atomic mass is 10.1. The van der Waals surface area contributed by atoms with Crippen LogP contribution in [0.1, 0.15) is 20.3 Å². The highest BCUT2D eigenvalue weighted by Crippen LogP contribution is 2.51. The Balaban J connectivity index is 2.03. The molecule has 0 aliphatic rings. The van der Waals surface area contributed by atoms with E-state index in [1.807, 2.05) is 67.6 Å². The zero-order chi connectivity index (χ0) is 18.5. The van der Waals surface area contributed by atoms with E-state index in [1.54, 1.807) is 6.92 Å². The molecule has 0 aliphatic heterocycles. The first-order valence-corrected chi connectivity index (χ1v) is 9.26. The van der Waals surface area contributed by atoms with E-state index in [1.165, 1.54) is 11.3 Å². The molecule has 0 radical (unpaired) electrons. The van der Waals surface area contributed by atoms with Crippen molar-refractivity contribution in [1.29, 1.82) is 0 Å². The predicted molar refractivity (Wildman–Crippen MR) is 104 cm³/mol. The minimum absolute atomic E-state index is 0.0545. The van der Waals surface area contributed by atoms with Crippen molar-refractivity contribution in [3.8, 4) is 32.4 Å². The normalized spacial score (nSPS) is 11.8. The first-order chi connectivity index (χ1) is 12.6. The second kappa shape index (κ2) is 8.06. The summed E-state index contributed by atoms with van der Waals surface area (Å²) in [7, 11) is 0. The van der Waals surface area contributed by atoms with Crippen molar-refractivity contribution < 1.29 is 19.4 Å². The predicted octanol–water partition coefficient (Wildman–Crippen LogP) is 6.10. The Morgan fingerprint density at radius 2 is 1.54 bits per heavy atom. The molecule has 1 N–H and O–H groups in total. The number of ether oxygens (including phenoxy) is 2. The van der Waals surface area contributed by atoms with Crippen LogP contribution in [0.3, 0.4) is 0 Å². The standard InChI is InChI=1S/C21H20O4S/c1-3-14(2)24-21(23)25-18-17(22)19(15-10-6-4-7-11-15)26-20(18)16-12-8-5-9-13-16/h4-14,22H,3H2,1-2H3. The number of thiophene rings is 1. The van der Waals surface area contributed by atoms with E-state index in [9.17, 15) is 9.90 Å². The van der Waals surface area contributed by atoms with E-state index in [0.29, 0.717) is 16.2 Å². The molecule has 0 spiro atoms. The van der Waals surface area contributed by atoms with Crippen LogP contribution < -0.4 is 4.74 Å². The number of benzene rings is 2. The second-order valence-electron chi connectivity index (χ2n) is 5.86. The number of carbonyl (C=O) groups excluding carboxylic acids is 1. The molecule has 0 fully saturated rings. The molecule has 3 rings (SSSR count). The van der Waals surface area contributed by atoms with Crippen molar-refractivity contribution >= 4 is 17.5 Å². The summed E-state index contributed by atoms with van der Waals surface area (Å²) in [5.74, 6) is 0.0783. The molecule has 134 valence electrons. The summed E-state index contributed by atoms with van der Waals surface area (Å²) in [6, 6.07) is 19.0. The summed E-state index contributed by atoms with van der Waals surface area (Å²) in [6.07, 6.45) is -0.382. The number of hydrogen-bond acceptors (Lipinski definition) is 5. The molecule has 0 saturated carbocycles. The zero-order valence-electron chi connectivity index (χ0n) is 14.6. The van der Waals surface area contributed by atoms with Gasteiger partial charge in [0, 0.05) is 0 Å². The smallest absolute Gasteiger partial charge is 0.503 e. The summed E-state index contributed by atoms with van der Waals surface area (Å²) in [5, 5.41) is 10.7. The van der Waals surface area contributed by atoms with E-state index >= 15 is 0 Å².